The standard InChI is InChI=1S/C27H27ClN2O/c1-17-15-18(2)29-27-24(17)22-9-5-6-10-23(22)30(27)16-19-11-13-21(14-12-19)25(26(28)31)20-7-3-4-8-20/h5-6,9-15,20,25H,3-4,7-8,16H2,1-2H3/t25-/m0/s1. The van der Waals surface area contributed by atoms with E-state index >= 15 is 0 Å². The predicted octanol–water partition coefficient (Wildman–Crippen LogP) is 6.89. The molecule has 158 valence electrons. The van der Waals surface area contributed by atoms with Gasteiger partial charge in [0.25, 0.3) is 0 Å². The van der Waals surface area contributed by atoms with Crippen molar-refractivity contribution >= 4 is 38.8 Å². The molecule has 0 radical (unpaired) electrons. The topological polar surface area (TPSA) is 34.9 Å². The minimum Gasteiger partial charge on any atom is -0.321 e. The summed E-state index contributed by atoms with van der Waals surface area (Å²) in [7, 11) is 0. The molecule has 3 nitrogen and oxygen atoms in total. The Bertz CT molecular complexity index is 1270. The first-order valence-electron chi connectivity index (χ1n) is 11.2. The highest BCUT2D eigenvalue weighted by atomic mass is 35.5. The number of halogens is 1. The van der Waals surface area contributed by atoms with Gasteiger partial charge in [0.15, 0.2) is 0 Å². The monoisotopic (exact) mass is 430 g/mol. The lowest BCUT2D eigenvalue weighted by Gasteiger charge is -2.20. The SMILES string of the molecule is Cc1cc(C)c2c3ccccc3n(Cc3ccc([C@@H](C(=O)Cl)C4CCCC4)cc3)c2n1. The first-order valence-corrected chi connectivity index (χ1v) is 11.5. The Morgan fingerprint density at radius 1 is 1.10 bits per heavy atom. The van der Waals surface area contributed by atoms with Crippen LogP contribution in [0.15, 0.2) is 54.6 Å². The zero-order valence-corrected chi connectivity index (χ0v) is 18.8. The highest BCUT2D eigenvalue weighted by Crippen LogP contribution is 2.39. The predicted molar refractivity (Wildman–Crippen MR) is 128 cm³/mol. The smallest absolute Gasteiger partial charge is 0.229 e. The van der Waals surface area contributed by atoms with Crippen LogP contribution in [0.4, 0.5) is 0 Å². The van der Waals surface area contributed by atoms with Gasteiger partial charge in [-0.05, 0) is 73.0 Å². The number of hydrogen-bond acceptors (Lipinski definition) is 2. The summed E-state index contributed by atoms with van der Waals surface area (Å²) >= 11 is 6.02. The Kier molecular flexibility index (Phi) is 5.31. The number of carbonyl (C=O) groups is 1. The summed E-state index contributed by atoms with van der Waals surface area (Å²) in [6, 6.07) is 19.1. The maximum atomic E-state index is 12.2. The van der Waals surface area contributed by atoms with E-state index in [1.807, 2.05) is 0 Å². The normalized spacial score (nSPS) is 15.7. The largest absolute Gasteiger partial charge is 0.321 e. The summed E-state index contributed by atoms with van der Waals surface area (Å²) in [5, 5.41) is 2.25. The van der Waals surface area contributed by atoms with Crippen LogP contribution in [-0.4, -0.2) is 14.8 Å². The van der Waals surface area contributed by atoms with E-state index in [0.29, 0.717) is 5.92 Å². The molecule has 0 amide bonds. The van der Waals surface area contributed by atoms with Gasteiger partial charge in [0.2, 0.25) is 5.24 Å². The lowest BCUT2D eigenvalue weighted by atomic mass is 9.85. The fraction of sp³-hybridized carbons (Fsp3) is 0.333. The maximum absolute atomic E-state index is 12.2. The molecule has 0 aliphatic heterocycles. The molecular formula is C27H27ClN2O. The van der Waals surface area contributed by atoms with Crippen LogP contribution in [0, 0.1) is 19.8 Å². The van der Waals surface area contributed by atoms with Crippen LogP contribution < -0.4 is 0 Å². The molecule has 1 atom stereocenters. The summed E-state index contributed by atoms with van der Waals surface area (Å²) < 4.78 is 2.31. The molecule has 2 aromatic carbocycles. The maximum Gasteiger partial charge on any atom is 0.229 e. The minimum atomic E-state index is -0.225. The number of benzene rings is 2. The number of aromatic nitrogens is 2. The number of rotatable bonds is 5. The Labute approximate surface area is 188 Å². The van der Waals surface area contributed by atoms with E-state index in [2.05, 4.69) is 73.0 Å². The molecule has 1 saturated carbocycles. The third kappa shape index (κ3) is 3.65. The van der Waals surface area contributed by atoms with Gasteiger partial charge in [0.05, 0.1) is 11.4 Å². The zero-order chi connectivity index (χ0) is 21.5. The first-order chi connectivity index (χ1) is 15.0. The molecule has 2 heterocycles. The highest BCUT2D eigenvalue weighted by Gasteiger charge is 2.30. The van der Waals surface area contributed by atoms with E-state index in [0.717, 1.165) is 36.3 Å². The van der Waals surface area contributed by atoms with E-state index in [-0.39, 0.29) is 11.2 Å². The average Bonchev–Trinajstić information content (AvgIpc) is 3.36. The number of nitrogens with zero attached hydrogens (tertiary/aromatic N) is 2. The fourth-order valence-corrected chi connectivity index (χ4v) is 5.74. The molecule has 0 saturated heterocycles. The minimum absolute atomic E-state index is 0.182. The fourth-order valence-electron chi connectivity index (χ4n) is 5.43. The van der Waals surface area contributed by atoms with E-state index < -0.39 is 0 Å². The third-order valence-electron chi connectivity index (χ3n) is 6.84. The molecule has 31 heavy (non-hydrogen) atoms. The average molecular weight is 431 g/mol. The molecule has 2 aromatic heterocycles. The molecule has 0 bridgehead atoms. The quantitative estimate of drug-likeness (QED) is 0.323. The Hall–Kier alpha value is -2.65. The third-order valence-corrected chi connectivity index (χ3v) is 7.08. The van der Waals surface area contributed by atoms with E-state index in [1.165, 1.54) is 40.3 Å². The Balaban J connectivity index is 1.53. The second kappa shape index (κ2) is 8.12. The van der Waals surface area contributed by atoms with E-state index in [1.54, 1.807) is 0 Å². The summed E-state index contributed by atoms with van der Waals surface area (Å²) in [6.45, 7) is 4.95. The molecule has 0 spiro atoms. The molecule has 0 N–H and O–H groups in total. The number of para-hydroxylation sites is 1. The van der Waals surface area contributed by atoms with Crippen LogP contribution >= 0.6 is 11.6 Å². The van der Waals surface area contributed by atoms with Crippen molar-refractivity contribution in [3.63, 3.8) is 0 Å². The van der Waals surface area contributed by atoms with Crippen molar-refractivity contribution in [2.75, 3.05) is 0 Å². The molecule has 1 fully saturated rings. The van der Waals surface area contributed by atoms with Crippen molar-refractivity contribution in [1.82, 2.24) is 9.55 Å². The van der Waals surface area contributed by atoms with Gasteiger partial charge < -0.3 is 4.57 Å². The van der Waals surface area contributed by atoms with E-state index in [4.69, 9.17) is 16.6 Å². The van der Waals surface area contributed by atoms with Gasteiger partial charge in [-0.25, -0.2) is 4.98 Å². The lowest BCUT2D eigenvalue weighted by molar-refractivity contribution is -0.114. The van der Waals surface area contributed by atoms with E-state index in [9.17, 15) is 4.79 Å². The van der Waals surface area contributed by atoms with Gasteiger partial charge in [-0.3, -0.25) is 4.79 Å². The second-order valence-corrected chi connectivity index (χ2v) is 9.32. The molecular weight excluding hydrogens is 404 g/mol. The van der Waals surface area contributed by atoms with Gasteiger partial charge >= 0.3 is 0 Å². The molecule has 1 aliphatic carbocycles. The van der Waals surface area contributed by atoms with Gasteiger partial charge in [0.1, 0.15) is 5.65 Å². The van der Waals surface area contributed by atoms with Gasteiger partial charge in [-0.2, -0.15) is 0 Å². The lowest BCUT2D eigenvalue weighted by Crippen LogP contribution is -2.16. The Morgan fingerprint density at radius 3 is 2.52 bits per heavy atom. The number of hydrogen-bond donors (Lipinski definition) is 0. The molecule has 4 aromatic rings. The number of aryl methyl sites for hydroxylation is 2. The molecule has 4 heteroatoms. The van der Waals surface area contributed by atoms with Crippen LogP contribution in [-0.2, 0) is 11.3 Å². The summed E-state index contributed by atoms with van der Waals surface area (Å²) in [5.74, 6) is 0.196. The van der Waals surface area contributed by atoms with Gasteiger partial charge in [0, 0.05) is 23.0 Å². The van der Waals surface area contributed by atoms with Crippen LogP contribution in [0.2, 0.25) is 0 Å². The van der Waals surface area contributed by atoms with Crippen molar-refractivity contribution < 1.29 is 4.79 Å². The summed E-state index contributed by atoms with van der Waals surface area (Å²) in [4.78, 5) is 17.1. The zero-order valence-electron chi connectivity index (χ0n) is 18.1. The van der Waals surface area contributed by atoms with Crippen LogP contribution in [0.3, 0.4) is 0 Å². The molecule has 5 rings (SSSR count). The molecule has 1 aliphatic rings. The summed E-state index contributed by atoms with van der Waals surface area (Å²) in [6.07, 6.45) is 4.58. The van der Waals surface area contributed by atoms with Crippen LogP contribution in [0.1, 0.15) is 54.0 Å². The molecule has 0 unspecified atom stereocenters. The summed E-state index contributed by atoms with van der Waals surface area (Å²) in [5.41, 5.74) is 6.75. The van der Waals surface area contributed by atoms with Crippen molar-refractivity contribution in [2.24, 2.45) is 5.92 Å². The number of pyridine rings is 1. The number of carbonyl (C=O) groups excluding carboxylic acids is 1. The van der Waals surface area contributed by atoms with Crippen molar-refractivity contribution in [3.8, 4) is 0 Å². The first kappa shape index (κ1) is 20.3. The van der Waals surface area contributed by atoms with Crippen molar-refractivity contribution in [3.05, 3.63) is 77.0 Å². The number of fused-ring (bicyclic) bond motifs is 3. The highest BCUT2D eigenvalue weighted by molar-refractivity contribution is 6.64. The second-order valence-electron chi connectivity index (χ2n) is 8.95. The van der Waals surface area contributed by atoms with Crippen LogP contribution in [0.5, 0.6) is 0 Å². The van der Waals surface area contributed by atoms with Crippen molar-refractivity contribution in [1.29, 1.82) is 0 Å². The van der Waals surface area contributed by atoms with Gasteiger partial charge in [-0.1, -0.05) is 55.3 Å². The van der Waals surface area contributed by atoms with Crippen molar-refractivity contribution in [2.45, 2.75) is 52.0 Å². The van der Waals surface area contributed by atoms with Crippen LogP contribution in [0.25, 0.3) is 21.9 Å². The Morgan fingerprint density at radius 2 is 1.81 bits per heavy atom. The van der Waals surface area contributed by atoms with Gasteiger partial charge in [-0.15, -0.1) is 0 Å².